The summed E-state index contributed by atoms with van der Waals surface area (Å²) in [6.45, 7) is 1.18. The third-order valence-corrected chi connectivity index (χ3v) is 2.94. The van der Waals surface area contributed by atoms with Gasteiger partial charge in [0.1, 0.15) is 11.5 Å². The molecule has 0 aliphatic rings. The zero-order valence-corrected chi connectivity index (χ0v) is 12.4. The summed E-state index contributed by atoms with van der Waals surface area (Å²) in [6.07, 6.45) is 0.796. The van der Waals surface area contributed by atoms with E-state index in [-0.39, 0.29) is 0 Å². The fourth-order valence-corrected chi connectivity index (χ4v) is 1.84. The topological polar surface area (TPSA) is 36.9 Å². The molecule has 0 spiro atoms. The molecule has 0 saturated carbocycles. The number of hydrogen-bond acceptors (Lipinski definition) is 4. The number of para-hydroxylation sites is 2. The van der Waals surface area contributed by atoms with Crippen LogP contribution in [0, 0.1) is 0 Å². The van der Waals surface area contributed by atoms with Crippen LogP contribution in [0.4, 0.5) is 0 Å². The second kappa shape index (κ2) is 8.04. The summed E-state index contributed by atoms with van der Waals surface area (Å²) in [5, 5.41) is 0. The molecule has 0 saturated heterocycles. The van der Waals surface area contributed by atoms with Crippen LogP contribution < -0.4 is 18.9 Å². The SMILES string of the molecule is COc1ccc(OCCCOc2ccccc2OC)cc1. The van der Waals surface area contributed by atoms with Crippen molar-refractivity contribution in [1.82, 2.24) is 0 Å². The van der Waals surface area contributed by atoms with E-state index in [0.29, 0.717) is 13.2 Å². The molecule has 4 heteroatoms. The number of rotatable bonds is 8. The minimum atomic E-state index is 0.580. The molecule has 0 unspecified atom stereocenters. The van der Waals surface area contributed by atoms with E-state index in [9.17, 15) is 0 Å². The van der Waals surface area contributed by atoms with Gasteiger partial charge in [0.2, 0.25) is 0 Å². The second-order valence-corrected chi connectivity index (χ2v) is 4.38. The molecule has 0 atom stereocenters. The molecule has 2 aromatic carbocycles. The molecule has 2 aromatic rings. The summed E-state index contributed by atoms with van der Waals surface area (Å²) in [7, 11) is 3.28. The van der Waals surface area contributed by atoms with Crippen molar-refractivity contribution in [3.8, 4) is 23.0 Å². The van der Waals surface area contributed by atoms with Crippen LogP contribution in [-0.4, -0.2) is 27.4 Å². The molecule has 21 heavy (non-hydrogen) atoms. The van der Waals surface area contributed by atoms with Gasteiger partial charge >= 0.3 is 0 Å². The Kier molecular flexibility index (Phi) is 5.76. The first-order chi connectivity index (χ1) is 10.3. The lowest BCUT2D eigenvalue weighted by Crippen LogP contribution is -2.05. The van der Waals surface area contributed by atoms with E-state index in [1.54, 1.807) is 14.2 Å². The van der Waals surface area contributed by atoms with Crippen LogP contribution in [0.2, 0.25) is 0 Å². The standard InChI is InChI=1S/C17H20O4/c1-18-14-8-10-15(11-9-14)20-12-5-13-21-17-7-4-3-6-16(17)19-2/h3-4,6-11H,5,12-13H2,1-2H3. The highest BCUT2D eigenvalue weighted by atomic mass is 16.5. The van der Waals surface area contributed by atoms with Crippen molar-refractivity contribution >= 4 is 0 Å². The molecule has 0 amide bonds. The molecule has 0 fully saturated rings. The lowest BCUT2D eigenvalue weighted by molar-refractivity contribution is 0.240. The second-order valence-electron chi connectivity index (χ2n) is 4.38. The summed E-state index contributed by atoms with van der Waals surface area (Å²) in [5.74, 6) is 3.15. The predicted molar refractivity (Wildman–Crippen MR) is 81.6 cm³/mol. The first-order valence-corrected chi connectivity index (χ1v) is 6.86. The normalized spacial score (nSPS) is 10.0. The van der Waals surface area contributed by atoms with Crippen molar-refractivity contribution in [3.05, 3.63) is 48.5 Å². The molecule has 0 radical (unpaired) electrons. The van der Waals surface area contributed by atoms with Crippen LogP contribution in [0.3, 0.4) is 0 Å². The van der Waals surface area contributed by atoms with Gasteiger partial charge in [0, 0.05) is 6.42 Å². The smallest absolute Gasteiger partial charge is 0.161 e. The Bertz CT molecular complexity index is 537. The van der Waals surface area contributed by atoms with E-state index in [1.165, 1.54) is 0 Å². The maximum atomic E-state index is 5.68. The third kappa shape index (κ3) is 4.60. The molecule has 2 rings (SSSR count). The molecular weight excluding hydrogens is 268 g/mol. The van der Waals surface area contributed by atoms with Crippen molar-refractivity contribution < 1.29 is 18.9 Å². The van der Waals surface area contributed by atoms with E-state index in [0.717, 1.165) is 29.4 Å². The van der Waals surface area contributed by atoms with Crippen molar-refractivity contribution in [2.75, 3.05) is 27.4 Å². The molecule has 0 aliphatic carbocycles. The van der Waals surface area contributed by atoms with Crippen LogP contribution in [-0.2, 0) is 0 Å². The van der Waals surface area contributed by atoms with Crippen LogP contribution >= 0.6 is 0 Å². The Balaban J connectivity index is 1.70. The van der Waals surface area contributed by atoms with Crippen LogP contribution in [0.25, 0.3) is 0 Å². The molecule has 0 aromatic heterocycles. The lowest BCUT2D eigenvalue weighted by atomic mass is 10.3. The quantitative estimate of drug-likeness (QED) is 0.696. The maximum Gasteiger partial charge on any atom is 0.161 e. The zero-order valence-electron chi connectivity index (χ0n) is 12.4. The highest BCUT2D eigenvalue weighted by Gasteiger charge is 2.02. The first kappa shape index (κ1) is 15.0. The summed E-state index contributed by atoms with van der Waals surface area (Å²) in [6, 6.07) is 15.1. The van der Waals surface area contributed by atoms with Gasteiger partial charge < -0.3 is 18.9 Å². The molecule has 4 nitrogen and oxygen atoms in total. The van der Waals surface area contributed by atoms with Crippen LogP contribution in [0.1, 0.15) is 6.42 Å². The Labute approximate surface area is 125 Å². The molecule has 112 valence electrons. The van der Waals surface area contributed by atoms with Crippen molar-refractivity contribution in [3.63, 3.8) is 0 Å². The molecule has 0 heterocycles. The van der Waals surface area contributed by atoms with Crippen molar-refractivity contribution in [1.29, 1.82) is 0 Å². The number of hydrogen-bond donors (Lipinski definition) is 0. The maximum absolute atomic E-state index is 5.68. The summed E-state index contributed by atoms with van der Waals surface area (Å²) >= 11 is 0. The Morgan fingerprint density at radius 3 is 1.95 bits per heavy atom. The Morgan fingerprint density at radius 1 is 0.667 bits per heavy atom. The summed E-state index contributed by atoms with van der Waals surface area (Å²) in [5.41, 5.74) is 0. The van der Waals surface area contributed by atoms with Gasteiger partial charge in [-0.25, -0.2) is 0 Å². The molecule has 0 bridgehead atoms. The van der Waals surface area contributed by atoms with Gasteiger partial charge in [0.15, 0.2) is 11.5 Å². The van der Waals surface area contributed by atoms with E-state index in [1.807, 2.05) is 48.5 Å². The molecule has 0 aliphatic heterocycles. The zero-order chi connectivity index (χ0) is 14.9. The average molecular weight is 288 g/mol. The largest absolute Gasteiger partial charge is 0.497 e. The van der Waals surface area contributed by atoms with Gasteiger partial charge in [-0.3, -0.25) is 0 Å². The van der Waals surface area contributed by atoms with E-state index in [4.69, 9.17) is 18.9 Å². The first-order valence-electron chi connectivity index (χ1n) is 6.86. The van der Waals surface area contributed by atoms with Gasteiger partial charge in [0.05, 0.1) is 27.4 Å². The van der Waals surface area contributed by atoms with Crippen molar-refractivity contribution in [2.24, 2.45) is 0 Å². The number of methoxy groups -OCH3 is 2. The lowest BCUT2D eigenvalue weighted by Gasteiger charge is -2.11. The van der Waals surface area contributed by atoms with Gasteiger partial charge in [-0.2, -0.15) is 0 Å². The summed E-state index contributed by atoms with van der Waals surface area (Å²) in [4.78, 5) is 0. The van der Waals surface area contributed by atoms with E-state index >= 15 is 0 Å². The fourth-order valence-electron chi connectivity index (χ4n) is 1.84. The monoisotopic (exact) mass is 288 g/mol. The Hall–Kier alpha value is -2.36. The van der Waals surface area contributed by atoms with Gasteiger partial charge in [-0.1, -0.05) is 12.1 Å². The highest BCUT2D eigenvalue weighted by molar-refractivity contribution is 5.39. The number of benzene rings is 2. The van der Waals surface area contributed by atoms with Gasteiger partial charge in [-0.15, -0.1) is 0 Å². The van der Waals surface area contributed by atoms with E-state index < -0.39 is 0 Å². The fraction of sp³-hybridized carbons (Fsp3) is 0.294. The average Bonchev–Trinajstić information content (AvgIpc) is 2.55. The van der Waals surface area contributed by atoms with Crippen LogP contribution in [0.5, 0.6) is 23.0 Å². The molecule has 0 N–H and O–H groups in total. The number of ether oxygens (including phenoxy) is 4. The van der Waals surface area contributed by atoms with Crippen molar-refractivity contribution in [2.45, 2.75) is 6.42 Å². The summed E-state index contributed by atoms with van der Waals surface area (Å²) < 4.78 is 21.6. The highest BCUT2D eigenvalue weighted by Crippen LogP contribution is 2.25. The van der Waals surface area contributed by atoms with Gasteiger partial charge in [0.25, 0.3) is 0 Å². The van der Waals surface area contributed by atoms with E-state index in [2.05, 4.69) is 0 Å². The Morgan fingerprint density at radius 2 is 1.29 bits per heavy atom. The van der Waals surface area contributed by atoms with Gasteiger partial charge in [-0.05, 0) is 36.4 Å². The third-order valence-electron chi connectivity index (χ3n) is 2.94. The minimum absolute atomic E-state index is 0.580. The molecular formula is C17H20O4. The predicted octanol–water partition coefficient (Wildman–Crippen LogP) is 3.55. The van der Waals surface area contributed by atoms with Crippen LogP contribution in [0.15, 0.2) is 48.5 Å². The minimum Gasteiger partial charge on any atom is -0.497 e.